The van der Waals surface area contributed by atoms with Gasteiger partial charge in [-0.25, -0.2) is 4.79 Å². The molecule has 0 aliphatic carbocycles. The second kappa shape index (κ2) is 11.5. The predicted octanol–water partition coefficient (Wildman–Crippen LogP) is 3.40. The third kappa shape index (κ3) is 7.65. The first-order valence-corrected chi connectivity index (χ1v) is 10.5. The third-order valence-corrected chi connectivity index (χ3v) is 5.01. The van der Waals surface area contributed by atoms with E-state index in [0.29, 0.717) is 6.42 Å². The van der Waals surface area contributed by atoms with Gasteiger partial charge in [-0.05, 0) is 48.8 Å². The number of aryl methyl sites for hydroxylation is 2. The van der Waals surface area contributed by atoms with Crippen LogP contribution in [0.15, 0.2) is 24.8 Å². The summed E-state index contributed by atoms with van der Waals surface area (Å²) in [5, 5.41) is 2.64. The van der Waals surface area contributed by atoms with Crippen molar-refractivity contribution in [3.05, 3.63) is 47.0 Å². The highest BCUT2D eigenvalue weighted by atomic mass is 16.5. The normalized spacial score (nSPS) is 12.2. The van der Waals surface area contributed by atoms with E-state index in [1.54, 1.807) is 0 Å². The monoisotopic (exact) mass is 416 g/mol. The van der Waals surface area contributed by atoms with Crippen molar-refractivity contribution in [3.8, 4) is 0 Å². The van der Waals surface area contributed by atoms with Crippen LogP contribution in [0.4, 0.5) is 0 Å². The topological polar surface area (TPSA) is 98.5 Å². The number of rotatable bonds is 12. The van der Waals surface area contributed by atoms with Crippen molar-refractivity contribution in [1.82, 2.24) is 5.32 Å². The van der Waals surface area contributed by atoms with Crippen LogP contribution in [-0.2, 0) is 31.0 Å². The molecular weight excluding hydrogens is 380 g/mol. The molecule has 0 bridgehead atoms. The SMILES string of the molecule is C=CCC(C)(C)c1c(C)cc(C)cc1CC(=O)NC(CC(N)=O)C(=O)OCCCC. The smallest absolute Gasteiger partial charge is 0.329 e. The van der Waals surface area contributed by atoms with Gasteiger partial charge in [-0.1, -0.05) is 51.0 Å². The molecule has 0 aliphatic rings. The van der Waals surface area contributed by atoms with Crippen LogP contribution < -0.4 is 11.1 Å². The highest BCUT2D eigenvalue weighted by Gasteiger charge is 2.28. The van der Waals surface area contributed by atoms with Crippen LogP contribution in [0.25, 0.3) is 0 Å². The predicted molar refractivity (Wildman–Crippen MR) is 119 cm³/mol. The first-order valence-electron chi connectivity index (χ1n) is 10.5. The van der Waals surface area contributed by atoms with E-state index in [1.807, 2.05) is 32.9 Å². The van der Waals surface area contributed by atoms with Crippen molar-refractivity contribution < 1.29 is 19.1 Å². The summed E-state index contributed by atoms with van der Waals surface area (Å²) in [4.78, 5) is 36.5. The summed E-state index contributed by atoms with van der Waals surface area (Å²) < 4.78 is 5.17. The summed E-state index contributed by atoms with van der Waals surface area (Å²) in [7, 11) is 0. The standard InChI is InChI=1S/C24H36N2O4/c1-7-9-11-30-23(29)19(15-20(25)27)26-21(28)14-18-13-16(3)12-17(4)22(18)24(5,6)10-8-2/h8,12-13,19H,2,7,9-11,14-15H2,1,3-6H3,(H2,25,27)(H,26,28). The summed E-state index contributed by atoms with van der Waals surface area (Å²) in [6.45, 7) is 14.3. The maximum atomic E-state index is 12.8. The molecule has 2 amide bonds. The van der Waals surface area contributed by atoms with Gasteiger partial charge in [-0.3, -0.25) is 9.59 Å². The van der Waals surface area contributed by atoms with Gasteiger partial charge >= 0.3 is 5.97 Å². The van der Waals surface area contributed by atoms with E-state index in [4.69, 9.17) is 10.5 Å². The zero-order valence-electron chi connectivity index (χ0n) is 19.0. The summed E-state index contributed by atoms with van der Waals surface area (Å²) in [6.07, 6.45) is 4.02. The number of primary amides is 1. The number of nitrogens with one attached hydrogen (secondary N) is 1. The quantitative estimate of drug-likeness (QED) is 0.310. The lowest BCUT2D eigenvalue weighted by Crippen LogP contribution is -2.45. The number of hydrogen-bond donors (Lipinski definition) is 2. The molecule has 1 aromatic rings. The summed E-state index contributed by atoms with van der Waals surface area (Å²) in [5.41, 5.74) is 9.23. The molecule has 30 heavy (non-hydrogen) atoms. The van der Waals surface area contributed by atoms with Gasteiger partial charge in [0.15, 0.2) is 0 Å². The molecule has 1 unspecified atom stereocenters. The minimum absolute atomic E-state index is 0.0932. The molecule has 0 aliphatic heterocycles. The number of carbonyl (C=O) groups is 3. The fourth-order valence-corrected chi connectivity index (χ4v) is 3.86. The number of esters is 1. The summed E-state index contributed by atoms with van der Waals surface area (Å²) in [6, 6.07) is 3.01. The largest absolute Gasteiger partial charge is 0.464 e. The Kier molecular flexibility index (Phi) is 9.76. The lowest BCUT2D eigenvalue weighted by molar-refractivity contribution is -0.149. The van der Waals surface area contributed by atoms with Crippen molar-refractivity contribution in [3.63, 3.8) is 0 Å². The molecule has 166 valence electrons. The Morgan fingerprint density at radius 2 is 1.93 bits per heavy atom. The van der Waals surface area contributed by atoms with Gasteiger partial charge in [0, 0.05) is 0 Å². The first kappa shape index (κ1) is 25.4. The lowest BCUT2D eigenvalue weighted by Gasteiger charge is -2.29. The van der Waals surface area contributed by atoms with E-state index in [2.05, 4.69) is 31.8 Å². The Hall–Kier alpha value is -2.63. The van der Waals surface area contributed by atoms with Gasteiger partial charge in [-0.2, -0.15) is 0 Å². The molecule has 1 rings (SSSR count). The van der Waals surface area contributed by atoms with Gasteiger partial charge in [0.2, 0.25) is 11.8 Å². The molecule has 0 saturated heterocycles. The molecule has 0 heterocycles. The highest BCUT2D eigenvalue weighted by molar-refractivity contribution is 5.89. The molecule has 0 fully saturated rings. The van der Waals surface area contributed by atoms with Gasteiger partial charge in [0.25, 0.3) is 0 Å². The Morgan fingerprint density at radius 1 is 1.27 bits per heavy atom. The Morgan fingerprint density at radius 3 is 2.50 bits per heavy atom. The van der Waals surface area contributed by atoms with Gasteiger partial charge < -0.3 is 15.8 Å². The zero-order valence-corrected chi connectivity index (χ0v) is 19.0. The molecule has 6 nitrogen and oxygen atoms in total. The fraction of sp³-hybridized carbons (Fsp3) is 0.542. The van der Waals surface area contributed by atoms with Gasteiger partial charge in [0.1, 0.15) is 6.04 Å². The molecule has 0 radical (unpaired) electrons. The number of hydrogen-bond acceptors (Lipinski definition) is 4. The van der Waals surface area contributed by atoms with E-state index in [0.717, 1.165) is 35.1 Å². The van der Waals surface area contributed by atoms with E-state index in [1.165, 1.54) is 0 Å². The second-order valence-electron chi connectivity index (χ2n) is 8.48. The molecule has 1 atom stereocenters. The molecule has 0 aromatic heterocycles. The lowest BCUT2D eigenvalue weighted by atomic mass is 9.75. The Labute approximate surface area is 180 Å². The molecule has 0 spiro atoms. The van der Waals surface area contributed by atoms with Crippen LogP contribution in [0, 0.1) is 13.8 Å². The third-order valence-electron chi connectivity index (χ3n) is 5.01. The van der Waals surface area contributed by atoms with Crippen molar-refractivity contribution >= 4 is 17.8 Å². The molecule has 0 saturated carbocycles. The number of carbonyl (C=O) groups excluding carboxylic acids is 3. The summed E-state index contributed by atoms with van der Waals surface area (Å²) in [5.74, 6) is -1.66. The van der Waals surface area contributed by atoms with Crippen LogP contribution >= 0.6 is 0 Å². The van der Waals surface area contributed by atoms with E-state index in [-0.39, 0.29) is 30.8 Å². The number of unbranched alkanes of at least 4 members (excludes halogenated alkanes) is 1. The van der Waals surface area contributed by atoms with E-state index in [9.17, 15) is 14.4 Å². The van der Waals surface area contributed by atoms with Crippen molar-refractivity contribution in [2.45, 2.75) is 78.2 Å². The molecular formula is C24H36N2O4. The second-order valence-corrected chi connectivity index (χ2v) is 8.48. The number of allylic oxidation sites excluding steroid dienone is 1. The van der Waals surface area contributed by atoms with E-state index >= 15 is 0 Å². The molecule has 3 N–H and O–H groups in total. The van der Waals surface area contributed by atoms with Crippen LogP contribution in [-0.4, -0.2) is 30.4 Å². The first-order chi connectivity index (χ1) is 14.0. The Bertz CT molecular complexity index is 784. The number of benzene rings is 1. The summed E-state index contributed by atoms with van der Waals surface area (Å²) >= 11 is 0. The van der Waals surface area contributed by atoms with Gasteiger partial charge in [-0.15, -0.1) is 6.58 Å². The van der Waals surface area contributed by atoms with Crippen LogP contribution in [0.2, 0.25) is 0 Å². The van der Waals surface area contributed by atoms with Crippen LogP contribution in [0.5, 0.6) is 0 Å². The zero-order chi connectivity index (χ0) is 22.9. The van der Waals surface area contributed by atoms with Crippen LogP contribution in [0.3, 0.4) is 0 Å². The Balaban J connectivity index is 3.07. The van der Waals surface area contributed by atoms with Crippen molar-refractivity contribution in [2.75, 3.05) is 6.61 Å². The van der Waals surface area contributed by atoms with Crippen LogP contribution in [0.1, 0.15) is 68.7 Å². The maximum Gasteiger partial charge on any atom is 0.329 e. The molecule has 6 heteroatoms. The van der Waals surface area contributed by atoms with Crippen molar-refractivity contribution in [2.24, 2.45) is 5.73 Å². The van der Waals surface area contributed by atoms with E-state index < -0.39 is 17.9 Å². The minimum atomic E-state index is -1.08. The minimum Gasteiger partial charge on any atom is -0.464 e. The average Bonchev–Trinajstić information content (AvgIpc) is 2.59. The maximum absolute atomic E-state index is 12.8. The number of nitrogens with two attached hydrogens (primary N) is 1. The number of amides is 2. The molecule has 1 aromatic carbocycles. The highest BCUT2D eigenvalue weighted by Crippen LogP contribution is 2.34. The fourth-order valence-electron chi connectivity index (χ4n) is 3.86. The van der Waals surface area contributed by atoms with Crippen molar-refractivity contribution in [1.29, 1.82) is 0 Å². The van der Waals surface area contributed by atoms with Gasteiger partial charge in [0.05, 0.1) is 19.4 Å². The average molecular weight is 417 g/mol. The number of ether oxygens (including phenoxy) is 1.